The first-order chi connectivity index (χ1) is 12.0. The molecule has 1 heterocycles. The van der Waals surface area contributed by atoms with Crippen LogP contribution in [0.1, 0.15) is 38.2 Å². The van der Waals surface area contributed by atoms with E-state index in [2.05, 4.69) is 26.5 Å². The van der Waals surface area contributed by atoms with Crippen molar-refractivity contribution in [2.45, 2.75) is 39.5 Å². The van der Waals surface area contributed by atoms with Crippen LogP contribution in [0.4, 0.5) is 0 Å². The molecule has 25 heavy (non-hydrogen) atoms. The Morgan fingerprint density at radius 2 is 2.00 bits per heavy atom. The highest BCUT2D eigenvalue weighted by atomic mass is 79.9. The molecule has 0 radical (unpaired) electrons. The van der Waals surface area contributed by atoms with E-state index < -0.39 is 0 Å². The average molecular weight is 410 g/mol. The minimum absolute atomic E-state index is 0.0648. The molecule has 0 spiro atoms. The van der Waals surface area contributed by atoms with E-state index in [-0.39, 0.29) is 24.8 Å². The maximum absolute atomic E-state index is 12.1. The van der Waals surface area contributed by atoms with E-state index in [1.807, 2.05) is 24.0 Å². The highest BCUT2D eigenvalue weighted by Gasteiger charge is 2.17. The predicted molar refractivity (Wildman–Crippen MR) is 101 cm³/mol. The van der Waals surface area contributed by atoms with Gasteiger partial charge in [0.1, 0.15) is 5.75 Å². The average Bonchev–Trinajstić information content (AvgIpc) is 2.60. The molecule has 2 amide bonds. The van der Waals surface area contributed by atoms with Crippen molar-refractivity contribution in [1.82, 2.24) is 10.3 Å². The molecule has 1 fully saturated rings. The Labute approximate surface area is 156 Å². The number of halogens is 1. The molecule has 1 aliphatic rings. The molecule has 1 aromatic rings. The van der Waals surface area contributed by atoms with Crippen molar-refractivity contribution in [1.29, 1.82) is 0 Å². The molecular formula is C18H24BrN3O3. The summed E-state index contributed by atoms with van der Waals surface area (Å²) < 4.78 is 6.26. The molecule has 1 aliphatic heterocycles. The van der Waals surface area contributed by atoms with Gasteiger partial charge in [-0.1, -0.05) is 6.07 Å². The summed E-state index contributed by atoms with van der Waals surface area (Å²) in [5, 5.41) is 3.99. The molecule has 1 N–H and O–H groups in total. The second kappa shape index (κ2) is 9.56. The monoisotopic (exact) mass is 409 g/mol. The summed E-state index contributed by atoms with van der Waals surface area (Å²) in [5.74, 6) is 0.300. The fourth-order valence-corrected chi connectivity index (χ4v) is 3.18. The second-order valence-electron chi connectivity index (χ2n) is 6.22. The van der Waals surface area contributed by atoms with Crippen molar-refractivity contribution in [2.75, 3.05) is 19.7 Å². The highest BCUT2D eigenvalue weighted by molar-refractivity contribution is 9.10. The van der Waals surface area contributed by atoms with Crippen LogP contribution in [0.2, 0.25) is 0 Å². The van der Waals surface area contributed by atoms with E-state index in [0.29, 0.717) is 11.5 Å². The number of ether oxygens (including phenoxy) is 1. The molecule has 0 atom stereocenters. The fourth-order valence-electron chi connectivity index (χ4n) is 2.57. The number of nitrogens with one attached hydrogen (secondary N) is 1. The number of rotatable bonds is 6. The third-order valence-corrected chi connectivity index (χ3v) is 4.55. The molecule has 136 valence electrons. The SMILES string of the molecule is C/C(CC(=O)N1CCCCC1)=N\NC(=O)COc1ccc(C)cc1Br. The van der Waals surface area contributed by atoms with Gasteiger partial charge in [-0.05, 0) is 66.7 Å². The molecule has 6 nitrogen and oxygen atoms in total. The van der Waals surface area contributed by atoms with Gasteiger partial charge in [0.25, 0.3) is 5.91 Å². The Bertz CT molecular complexity index is 655. The lowest BCUT2D eigenvalue weighted by Crippen LogP contribution is -2.36. The highest BCUT2D eigenvalue weighted by Crippen LogP contribution is 2.25. The minimum Gasteiger partial charge on any atom is -0.483 e. The lowest BCUT2D eigenvalue weighted by Gasteiger charge is -2.26. The molecule has 0 unspecified atom stereocenters. The third-order valence-electron chi connectivity index (χ3n) is 3.93. The predicted octanol–water partition coefficient (Wildman–Crippen LogP) is 3.03. The van der Waals surface area contributed by atoms with Gasteiger partial charge < -0.3 is 9.64 Å². The number of hydrazone groups is 1. The van der Waals surface area contributed by atoms with E-state index in [4.69, 9.17) is 4.74 Å². The van der Waals surface area contributed by atoms with Gasteiger partial charge in [-0.3, -0.25) is 9.59 Å². The van der Waals surface area contributed by atoms with Crippen LogP contribution in [-0.2, 0) is 9.59 Å². The largest absolute Gasteiger partial charge is 0.483 e. The first-order valence-electron chi connectivity index (χ1n) is 8.44. The third kappa shape index (κ3) is 6.49. The van der Waals surface area contributed by atoms with Crippen LogP contribution in [-0.4, -0.2) is 42.1 Å². The zero-order valence-electron chi connectivity index (χ0n) is 14.7. The molecule has 0 saturated carbocycles. The molecular weight excluding hydrogens is 386 g/mol. The standard InChI is InChI=1S/C18H24BrN3O3/c1-13-6-7-16(15(19)10-13)25-12-17(23)21-20-14(2)11-18(24)22-8-4-3-5-9-22/h6-7,10H,3-5,8-9,11-12H2,1-2H3,(H,21,23)/b20-14+. The number of nitrogens with zero attached hydrogens (tertiary/aromatic N) is 2. The molecule has 0 bridgehead atoms. The van der Waals surface area contributed by atoms with Gasteiger partial charge in [0.15, 0.2) is 6.61 Å². The topological polar surface area (TPSA) is 71.0 Å². The zero-order valence-corrected chi connectivity index (χ0v) is 16.3. The smallest absolute Gasteiger partial charge is 0.277 e. The molecule has 0 aliphatic carbocycles. The number of aryl methyl sites for hydroxylation is 1. The lowest BCUT2D eigenvalue weighted by atomic mass is 10.1. The van der Waals surface area contributed by atoms with E-state index >= 15 is 0 Å². The first-order valence-corrected chi connectivity index (χ1v) is 9.23. The van der Waals surface area contributed by atoms with Crippen molar-refractivity contribution in [3.63, 3.8) is 0 Å². The zero-order chi connectivity index (χ0) is 18.2. The second-order valence-corrected chi connectivity index (χ2v) is 7.08. The van der Waals surface area contributed by atoms with Crippen LogP contribution >= 0.6 is 15.9 Å². The normalized spacial score (nSPS) is 15.0. The van der Waals surface area contributed by atoms with Gasteiger partial charge in [0.05, 0.1) is 10.9 Å². The molecule has 0 aromatic heterocycles. The van der Waals surface area contributed by atoms with Gasteiger partial charge >= 0.3 is 0 Å². The summed E-state index contributed by atoms with van der Waals surface area (Å²) in [6.45, 7) is 5.21. The summed E-state index contributed by atoms with van der Waals surface area (Å²) in [6.07, 6.45) is 3.53. The Kier molecular flexibility index (Phi) is 7.43. The van der Waals surface area contributed by atoms with Crippen LogP contribution in [0.25, 0.3) is 0 Å². The Hall–Kier alpha value is -1.89. The van der Waals surface area contributed by atoms with Crippen LogP contribution in [0.5, 0.6) is 5.75 Å². The van der Waals surface area contributed by atoms with E-state index in [9.17, 15) is 9.59 Å². The number of hydrogen-bond donors (Lipinski definition) is 1. The number of likely N-dealkylation sites (tertiary alicyclic amines) is 1. The number of piperidine rings is 1. The quantitative estimate of drug-likeness (QED) is 0.579. The van der Waals surface area contributed by atoms with Gasteiger partial charge in [0.2, 0.25) is 5.91 Å². The molecule has 2 rings (SSSR count). The Balaban J connectivity index is 1.75. The van der Waals surface area contributed by atoms with Gasteiger partial charge in [-0.2, -0.15) is 5.10 Å². The van der Waals surface area contributed by atoms with Crippen LogP contribution in [0.3, 0.4) is 0 Å². The number of hydrogen-bond acceptors (Lipinski definition) is 4. The summed E-state index contributed by atoms with van der Waals surface area (Å²) in [4.78, 5) is 25.8. The minimum atomic E-state index is -0.364. The molecule has 1 aromatic carbocycles. The van der Waals surface area contributed by atoms with Gasteiger partial charge in [-0.25, -0.2) is 5.43 Å². The van der Waals surface area contributed by atoms with Crippen LogP contribution in [0.15, 0.2) is 27.8 Å². The Morgan fingerprint density at radius 1 is 1.28 bits per heavy atom. The number of carbonyl (C=O) groups is 2. The van der Waals surface area contributed by atoms with E-state index in [1.54, 1.807) is 13.0 Å². The van der Waals surface area contributed by atoms with Crippen molar-refractivity contribution in [3.8, 4) is 5.75 Å². The van der Waals surface area contributed by atoms with Crippen molar-refractivity contribution in [3.05, 3.63) is 28.2 Å². The first kappa shape index (κ1) is 19.4. The number of benzene rings is 1. The lowest BCUT2D eigenvalue weighted by molar-refractivity contribution is -0.130. The van der Waals surface area contributed by atoms with Crippen LogP contribution < -0.4 is 10.2 Å². The molecule has 7 heteroatoms. The van der Waals surface area contributed by atoms with E-state index in [0.717, 1.165) is 36.0 Å². The van der Waals surface area contributed by atoms with E-state index in [1.165, 1.54) is 6.42 Å². The number of carbonyl (C=O) groups excluding carboxylic acids is 2. The van der Waals surface area contributed by atoms with Gasteiger partial charge in [-0.15, -0.1) is 0 Å². The van der Waals surface area contributed by atoms with Gasteiger partial charge in [0, 0.05) is 18.8 Å². The van der Waals surface area contributed by atoms with Crippen molar-refractivity contribution < 1.29 is 14.3 Å². The maximum Gasteiger partial charge on any atom is 0.277 e. The van der Waals surface area contributed by atoms with Crippen molar-refractivity contribution in [2.24, 2.45) is 5.10 Å². The molecule has 1 saturated heterocycles. The number of amides is 2. The summed E-state index contributed by atoms with van der Waals surface area (Å²) in [5.41, 5.74) is 4.11. The van der Waals surface area contributed by atoms with Crippen molar-refractivity contribution >= 4 is 33.5 Å². The Morgan fingerprint density at radius 3 is 2.68 bits per heavy atom. The maximum atomic E-state index is 12.1. The fraction of sp³-hybridized carbons (Fsp3) is 0.500. The summed E-state index contributed by atoms with van der Waals surface area (Å²) in [7, 11) is 0. The van der Waals surface area contributed by atoms with Crippen LogP contribution in [0, 0.1) is 6.92 Å². The summed E-state index contributed by atoms with van der Waals surface area (Å²) in [6, 6.07) is 5.63. The summed E-state index contributed by atoms with van der Waals surface area (Å²) >= 11 is 3.40.